The predicted octanol–water partition coefficient (Wildman–Crippen LogP) is 4.30. The second-order valence-corrected chi connectivity index (χ2v) is 5.23. The minimum Gasteiger partial charge on any atom is -0.384 e. The molecule has 2 aromatic carbocycles. The molecule has 0 saturated heterocycles. The molecule has 0 spiro atoms. The summed E-state index contributed by atoms with van der Waals surface area (Å²) in [6.07, 6.45) is 0.511. The third-order valence-electron chi connectivity index (χ3n) is 3.51. The lowest BCUT2D eigenvalue weighted by molar-refractivity contribution is 0.0986. The third-order valence-corrected chi connectivity index (χ3v) is 3.51. The first-order valence-corrected chi connectivity index (χ1v) is 6.98. The van der Waals surface area contributed by atoms with Crippen molar-refractivity contribution >= 4 is 11.5 Å². The van der Waals surface area contributed by atoms with E-state index in [1.165, 1.54) is 16.7 Å². The van der Waals surface area contributed by atoms with E-state index in [-0.39, 0.29) is 5.78 Å². The van der Waals surface area contributed by atoms with E-state index in [9.17, 15) is 4.79 Å². The first-order valence-electron chi connectivity index (χ1n) is 6.98. The van der Waals surface area contributed by atoms with Gasteiger partial charge >= 0.3 is 0 Å². The van der Waals surface area contributed by atoms with Crippen LogP contribution in [0.25, 0.3) is 0 Å². The molecule has 2 heteroatoms. The summed E-state index contributed by atoms with van der Waals surface area (Å²) in [6, 6.07) is 14.0. The highest BCUT2D eigenvalue weighted by Crippen LogP contribution is 2.19. The van der Waals surface area contributed by atoms with Crippen molar-refractivity contribution in [2.24, 2.45) is 0 Å². The van der Waals surface area contributed by atoms with Gasteiger partial charge in [-0.3, -0.25) is 4.79 Å². The van der Waals surface area contributed by atoms with Crippen molar-refractivity contribution in [2.45, 2.75) is 27.2 Å². The Hall–Kier alpha value is -2.09. The average Bonchev–Trinajstić information content (AvgIpc) is 2.42. The second kappa shape index (κ2) is 6.38. The van der Waals surface area contributed by atoms with Crippen LogP contribution in [-0.2, 0) is 0 Å². The van der Waals surface area contributed by atoms with Crippen LogP contribution in [0.1, 0.15) is 33.5 Å². The molecule has 0 aliphatic carbocycles. The number of aryl methyl sites for hydroxylation is 3. The highest BCUT2D eigenvalue weighted by atomic mass is 16.1. The van der Waals surface area contributed by atoms with Crippen LogP contribution >= 0.6 is 0 Å². The molecule has 0 atom stereocenters. The zero-order valence-electron chi connectivity index (χ0n) is 12.4. The Morgan fingerprint density at radius 1 is 0.950 bits per heavy atom. The summed E-state index contributed by atoms with van der Waals surface area (Å²) in [5.74, 6) is 0.184. The van der Waals surface area contributed by atoms with Gasteiger partial charge < -0.3 is 5.32 Å². The van der Waals surface area contributed by atoms with Gasteiger partial charge in [0.15, 0.2) is 5.78 Å². The Kier molecular flexibility index (Phi) is 4.57. The summed E-state index contributed by atoms with van der Waals surface area (Å²) in [7, 11) is 0. The SMILES string of the molecule is Cc1ccc(C(=O)CCNc2c(C)cccc2C)cc1. The number of nitrogens with one attached hydrogen (secondary N) is 1. The maximum Gasteiger partial charge on any atom is 0.164 e. The maximum atomic E-state index is 12.1. The Labute approximate surface area is 120 Å². The molecular weight excluding hydrogens is 246 g/mol. The number of ketones is 1. The number of Topliss-reactive ketones (excluding diaryl/α,β-unsaturated/α-hetero) is 1. The summed E-state index contributed by atoms with van der Waals surface area (Å²) in [6.45, 7) is 6.85. The summed E-state index contributed by atoms with van der Waals surface area (Å²) in [5, 5.41) is 3.37. The van der Waals surface area contributed by atoms with Crippen LogP contribution in [0, 0.1) is 20.8 Å². The van der Waals surface area contributed by atoms with Crippen LogP contribution < -0.4 is 5.32 Å². The van der Waals surface area contributed by atoms with E-state index in [2.05, 4.69) is 31.3 Å². The van der Waals surface area contributed by atoms with Gasteiger partial charge in [0.05, 0.1) is 0 Å². The van der Waals surface area contributed by atoms with Crippen molar-refractivity contribution in [2.75, 3.05) is 11.9 Å². The zero-order chi connectivity index (χ0) is 14.5. The van der Waals surface area contributed by atoms with Gasteiger partial charge in [-0.15, -0.1) is 0 Å². The molecular formula is C18H21NO. The van der Waals surface area contributed by atoms with Gasteiger partial charge in [0.25, 0.3) is 0 Å². The van der Waals surface area contributed by atoms with Crippen molar-refractivity contribution in [1.29, 1.82) is 0 Å². The maximum absolute atomic E-state index is 12.1. The fourth-order valence-electron chi connectivity index (χ4n) is 2.28. The molecule has 2 rings (SSSR count). The summed E-state index contributed by atoms with van der Waals surface area (Å²) in [4.78, 5) is 12.1. The Bertz CT molecular complexity index is 579. The van der Waals surface area contributed by atoms with Crippen molar-refractivity contribution in [3.05, 3.63) is 64.7 Å². The van der Waals surface area contributed by atoms with Gasteiger partial charge in [-0.25, -0.2) is 0 Å². The predicted molar refractivity (Wildman–Crippen MR) is 84.5 cm³/mol. The van der Waals surface area contributed by atoms with Gasteiger partial charge in [0.2, 0.25) is 0 Å². The van der Waals surface area contributed by atoms with Gasteiger partial charge in [-0.05, 0) is 31.9 Å². The molecule has 1 N–H and O–H groups in total. The Morgan fingerprint density at radius 2 is 1.55 bits per heavy atom. The van der Waals surface area contributed by atoms with Crippen LogP contribution in [0.15, 0.2) is 42.5 Å². The number of anilines is 1. The summed E-state index contributed by atoms with van der Waals surface area (Å²) < 4.78 is 0. The van der Waals surface area contributed by atoms with Crippen LogP contribution in [0.3, 0.4) is 0 Å². The van der Waals surface area contributed by atoms with Crippen molar-refractivity contribution < 1.29 is 4.79 Å². The number of benzene rings is 2. The lowest BCUT2D eigenvalue weighted by Gasteiger charge is -2.12. The van der Waals surface area contributed by atoms with Crippen LogP contribution in [0.4, 0.5) is 5.69 Å². The monoisotopic (exact) mass is 267 g/mol. The molecule has 104 valence electrons. The zero-order valence-corrected chi connectivity index (χ0v) is 12.4. The molecule has 0 unspecified atom stereocenters. The molecule has 0 bridgehead atoms. The van der Waals surface area contributed by atoms with Crippen LogP contribution in [0.5, 0.6) is 0 Å². The molecule has 0 amide bonds. The minimum absolute atomic E-state index is 0.184. The van der Waals surface area contributed by atoms with E-state index in [0.29, 0.717) is 13.0 Å². The Balaban J connectivity index is 1.93. The second-order valence-electron chi connectivity index (χ2n) is 5.23. The van der Waals surface area contributed by atoms with Crippen molar-refractivity contribution in [1.82, 2.24) is 0 Å². The first kappa shape index (κ1) is 14.3. The summed E-state index contributed by atoms with van der Waals surface area (Å²) >= 11 is 0. The van der Waals surface area contributed by atoms with Gasteiger partial charge in [-0.1, -0.05) is 48.0 Å². The standard InChI is InChI=1S/C18H21NO/c1-13-7-9-16(10-8-13)17(20)11-12-19-18-14(2)5-4-6-15(18)3/h4-10,19H,11-12H2,1-3H3. The molecule has 0 radical (unpaired) electrons. The quantitative estimate of drug-likeness (QED) is 0.818. The number of carbonyl (C=O) groups is 1. The van der Waals surface area contributed by atoms with Crippen LogP contribution in [-0.4, -0.2) is 12.3 Å². The van der Waals surface area contributed by atoms with E-state index in [0.717, 1.165) is 11.3 Å². The highest BCUT2D eigenvalue weighted by molar-refractivity contribution is 5.96. The van der Waals surface area contributed by atoms with E-state index in [1.54, 1.807) is 0 Å². The average molecular weight is 267 g/mol. The molecule has 0 heterocycles. The molecule has 0 aliphatic heterocycles. The van der Waals surface area contributed by atoms with Crippen LogP contribution in [0.2, 0.25) is 0 Å². The normalized spacial score (nSPS) is 10.3. The van der Waals surface area contributed by atoms with E-state index >= 15 is 0 Å². The largest absolute Gasteiger partial charge is 0.384 e. The summed E-state index contributed by atoms with van der Waals surface area (Å²) in [5.41, 5.74) is 5.54. The minimum atomic E-state index is 0.184. The fraction of sp³-hybridized carbons (Fsp3) is 0.278. The lowest BCUT2D eigenvalue weighted by Crippen LogP contribution is -2.10. The topological polar surface area (TPSA) is 29.1 Å². The number of hydrogen-bond acceptors (Lipinski definition) is 2. The smallest absolute Gasteiger partial charge is 0.164 e. The molecule has 0 fully saturated rings. The fourth-order valence-corrected chi connectivity index (χ4v) is 2.28. The highest BCUT2D eigenvalue weighted by Gasteiger charge is 2.06. The Morgan fingerprint density at radius 3 is 2.15 bits per heavy atom. The van der Waals surface area contributed by atoms with Gasteiger partial charge in [0.1, 0.15) is 0 Å². The number of hydrogen-bond donors (Lipinski definition) is 1. The van der Waals surface area contributed by atoms with E-state index < -0.39 is 0 Å². The number of para-hydroxylation sites is 1. The van der Waals surface area contributed by atoms with Crippen molar-refractivity contribution in [3.8, 4) is 0 Å². The number of rotatable bonds is 5. The van der Waals surface area contributed by atoms with Crippen molar-refractivity contribution in [3.63, 3.8) is 0 Å². The molecule has 0 saturated carbocycles. The molecule has 20 heavy (non-hydrogen) atoms. The lowest BCUT2D eigenvalue weighted by atomic mass is 10.1. The molecule has 2 aromatic rings. The van der Waals surface area contributed by atoms with Gasteiger partial charge in [0, 0.05) is 24.2 Å². The van der Waals surface area contributed by atoms with Gasteiger partial charge in [-0.2, -0.15) is 0 Å². The number of carbonyl (C=O) groups excluding carboxylic acids is 1. The molecule has 0 aromatic heterocycles. The first-order chi connectivity index (χ1) is 9.58. The van der Waals surface area contributed by atoms with E-state index in [4.69, 9.17) is 0 Å². The third kappa shape index (κ3) is 3.47. The molecule has 2 nitrogen and oxygen atoms in total. The van der Waals surface area contributed by atoms with E-state index in [1.807, 2.05) is 37.3 Å². The molecule has 0 aliphatic rings.